The van der Waals surface area contributed by atoms with E-state index < -0.39 is 5.60 Å². The van der Waals surface area contributed by atoms with Crippen LogP contribution in [0.4, 0.5) is 5.95 Å². The fourth-order valence-electron chi connectivity index (χ4n) is 3.12. The van der Waals surface area contributed by atoms with E-state index in [4.69, 9.17) is 0 Å². The summed E-state index contributed by atoms with van der Waals surface area (Å²) >= 11 is 0. The molecule has 0 spiro atoms. The van der Waals surface area contributed by atoms with Crippen LogP contribution in [0, 0.1) is 0 Å². The fourth-order valence-corrected chi connectivity index (χ4v) is 3.12. The third-order valence-electron chi connectivity index (χ3n) is 4.59. The molecular weight excluding hydrogens is 316 g/mol. The van der Waals surface area contributed by atoms with Crippen molar-refractivity contribution in [3.63, 3.8) is 0 Å². The van der Waals surface area contributed by atoms with E-state index in [0.29, 0.717) is 24.5 Å². The minimum atomic E-state index is -0.976. The molecule has 2 aromatic rings. The number of rotatable bonds is 5. The van der Waals surface area contributed by atoms with Gasteiger partial charge >= 0.3 is 0 Å². The summed E-state index contributed by atoms with van der Waals surface area (Å²) in [5.41, 5.74) is 0.831. The lowest BCUT2D eigenvalue weighted by molar-refractivity contribution is 0.0252. The zero-order valence-electron chi connectivity index (χ0n) is 14.5. The number of aliphatic hydroxyl groups is 1. The Hall–Kier alpha value is -2.47. The largest absolute Gasteiger partial charge is 0.386 e. The van der Waals surface area contributed by atoms with Gasteiger partial charge in [0.05, 0.1) is 12.1 Å². The molecule has 1 aliphatic heterocycles. The van der Waals surface area contributed by atoms with Crippen LogP contribution in [0.15, 0.2) is 42.7 Å². The van der Waals surface area contributed by atoms with Gasteiger partial charge in [-0.05, 0) is 43.0 Å². The summed E-state index contributed by atoms with van der Waals surface area (Å²) in [4.78, 5) is 22.8. The van der Waals surface area contributed by atoms with Gasteiger partial charge in [-0.15, -0.1) is 0 Å². The third-order valence-corrected chi connectivity index (χ3v) is 4.59. The number of hydrogen-bond acceptors (Lipinski definition) is 5. The Balaban J connectivity index is 1.60. The van der Waals surface area contributed by atoms with Crippen LogP contribution >= 0.6 is 0 Å². The number of benzene rings is 1. The molecule has 1 aromatic heterocycles. The number of hydrogen-bond donors (Lipinski definition) is 2. The highest BCUT2D eigenvalue weighted by molar-refractivity contribution is 5.94. The molecule has 1 amide bonds. The van der Waals surface area contributed by atoms with Crippen LogP contribution in [0.25, 0.3) is 0 Å². The van der Waals surface area contributed by atoms with Crippen LogP contribution in [-0.4, -0.2) is 46.2 Å². The summed E-state index contributed by atoms with van der Waals surface area (Å²) in [6.45, 7) is 3.51. The van der Waals surface area contributed by atoms with Crippen molar-refractivity contribution < 1.29 is 9.90 Å². The van der Waals surface area contributed by atoms with Gasteiger partial charge in [-0.1, -0.05) is 19.1 Å². The van der Waals surface area contributed by atoms with Gasteiger partial charge in [0.1, 0.15) is 0 Å². The lowest BCUT2D eigenvalue weighted by atomic mass is 9.93. The first kappa shape index (κ1) is 17.4. The Morgan fingerprint density at radius 3 is 2.68 bits per heavy atom. The molecule has 0 radical (unpaired) electrons. The quantitative estimate of drug-likeness (QED) is 0.868. The number of aryl methyl sites for hydroxylation is 1. The minimum absolute atomic E-state index is 0.163. The molecule has 132 valence electrons. The molecule has 3 rings (SSSR count). The monoisotopic (exact) mass is 340 g/mol. The van der Waals surface area contributed by atoms with E-state index in [0.717, 1.165) is 19.4 Å². The number of anilines is 1. The van der Waals surface area contributed by atoms with Crippen molar-refractivity contribution >= 4 is 11.9 Å². The molecule has 1 saturated heterocycles. The van der Waals surface area contributed by atoms with E-state index in [-0.39, 0.29) is 12.5 Å². The Morgan fingerprint density at radius 2 is 2.00 bits per heavy atom. The van der Waals surface area contributed by atoms with Crippen molar-refractivity contribution in [1.82, 2.24) is 15.3 Å². The number of carbonyl (C=O) groups is 1. The molecule has 1 fully saturated rings. The van der Waals surface area contributed by atoms with Gasteiger partial charge in [0.2, 0.25) is 5.95 Å². The Bertz CT molecular complexity index is 705. The Morgan fingerprint density at radius 1 is 1.28 bits per heavy atom. The van der Waals surface area contributed by atoms with Gasteiger partial charge in [0.25, 0.3) is 5.91 Å². The molecule has 6 heteroatoms. The predicted octanol–water partition coefficient (Wildman–Crippen LogP) is 1.80. The normalized spacial score (nSPS) is 20.3. The highest BCUT2D eigenvalue weighted by Gasteiger charge is 2.34. The van der Waals surface area contributed by atoms with Gasteiger partial charge in [-0.25, -0.2) is 9.97 Å². The lowest BCUT2D eigenvalue weighted by Gasteiger charge is -2.39. The van der Waals surface area contributed by atoms with Crippen LogP contribution in [0.5, 0.6) is 0 Å². The minimum Gasteiger partial charge on any atom is -0.386 e. The van der Waals surface area contributed by atoms with Gasteiger partial charge in [0.15, 0.2) is 0 Å². The number of amides is 1. The maximum atomic E-state index is 12.3. The van der Waals surface area contributed by atoms with Crippen LogP contribution in [0.3, 0.4) is 0 Å². The second kappa shape index (κ2) is 7.61. The molecule has 6 nitrogen and oxygen atoms in total. The Labute approximate surface area is 147 Å². The van der Waals surface area contributed by atoms with Gasteiger partial charge in [-0.2, -0.15) is 0 Å². The number of β-amino-alcohol motifs (C(OH)–C–C–N with tert-alkyl or cyclic N) is 1. The van der Waals surface area contributed by atoms with Gasteiger partial charge in [-0.3, -0.25) is 4.79 Å². The zero-order valence-corrected chi connectivity index (χ0v) is 14.5. The van der Waals surface area contributed by atoms with Crippen molar-refractivity contribution in [2.24, 2.45) is 0 Å². The van der Waals surface area contributed by atoms with E-state index in [1.54, 1.807) is 18.5 Å². The second-order valence-electron chi connectivity index (χ2n) is 6.53. The van der Waals surface area contributed by atoms with Crippen molar-refractivity contribution in [2.75, 3.05) is 24.5 Å². The first-order valence-corrected chi connectivity index (χ1v) is 8.71. The highest BCUT2D eigenvalue weighted by atomic mass is 16.3. The van der Waals surface area contributed by atoms with E-state index >= 15 is 0 Å². The van der Waals surface area contributed by atoms with Crippen LogP contribution in [0.2, 0.25) is 0 Å². The predicted molar refractivity (Wildman–Crippen MR) is 96.6 cm³/mol. The summed E-state index contributed by atoms with van der Waals surface area (Å²) in [7, 11) is 0. The topological polar surface area (TPSA) is 78.4 Å². The van der Waals surface area contributed by atoms with Crippen molar-refractivity contribution in [2.45, 2.75) is 31.8 Å². The SMILES string of the molecule is CCc1ccc(C(=O)NC[C@]2(O)CCCN(c3ncccn3)C2)cc1. The lowest BCUT2D eigenvalue weighted by Crippen LogP contribution is -2.54. The van der Waals surface area contributed by atoms with Crippen LogP contribution in [0.1, 0.15) is 35.7 Å². The van der Waals surface area contributed by atoms with Crippen molar-refractivity contribution in [1.29, 1.82) is 0 Å². The molecule has 2 heterocycles. The average Bonchev–Trinajstić information content (AvgIpc) is 2.67. The molecule has 1 aliphatic rings. The highest BCUT2D eigenvalue weighted by Crippen LogP contribution is 2.23. The molecule has 1 atom stereocenters. The van der Waals surface area contributed by atoms with E-state index in [9.17, 15) is 9.90 Å². The first-order valence-electron chi connectivity index (χ1n) is 8.71. The van der Waals surface area contributed by atoms with E-state index in [1.807, 2.05) is 29.2 Å². The van der Waals surface area contributed by atoms with Crippen molar-refractivity contribution in [3.8, 4) is 0 Å². The molecule has 0 aliphatic carbocycles. The smallest absolute Gasteiger partial charge is 0.251 e. The van der Waals surface area contributed by atoms with Crippen LogP contribution in [-0.2, 0) is 6.42 Å². The third kappa shape index (κ3) is 4.33. The second-order valence-corrected chi connectivity index (χ2v) is 6.53. The summed E-state index contributed by atoms with van der Waals surface area (Å²) in [5.74, 6) is 0.450. The van der Waals surface area contributed by atoms with Gasteiger partial charge < -0.3 is 15.3 Å². The summed E-state index contributed by atoms with van der Waals surface area (Å²) in [5, 5.41) is 13.7. The van der Waals surface area contributed by atoms with Crippen LogP contribution < -0.4 is 10.2 Å². The van der Waals surface area contributed by atoms with E-state index in [2.05, 4.69) is 22.2 Å². The summed E-state index contributed by atoms with van der Waals surface area (Å²) in [6, 6.07) is 9.33. The fraction of sp³-hybridized carbons (Fsp3) is 0.421. The average molecular weight is 340 g/mol. The first-order chi connectivity index (χ1) is 12.1. The summed E-state index contributed by atoms with van der Waals surface area (Å²) in [6.07, 6.45) is 5.80. The maximum absolute atomic E-state index is 12.3. The number of piperidine rings is 1. The zero-order chi connectivity index (χ0) is 17.7. The standard InChI is InChI=1S/C19H24N4O2/c1-2-15-5-7-16(8-6-15)17(24)22-13-19(25)9-3-12-23(14-19)18-20-10-4-11-21-18/h4-8,10-11,25H,2-3,9,12-14H2,1H3,(H,22,24)/t19-/m1/s1. The Kier molecular flexibility index (Phi) is 5.28. The molecule has 2 N–H and O–H groups in total. The molecular formula is C19H24N4O2. The van der Waals surface area contributed by atoms with Gasteiger partial charge in [0, 0.05) is 31.0 Å². The maximum Gasteiger partial charge on any atom is 0.251 e. The van der Waals surface area contributed by atoms with Crippen molar-refractivity contribution in [3.05, 3.63) is 53.9 Å². The molecule has 25 heavy (non-hydrogen) atoms. The number of nitrogens with zero attached hydrogens (tertiary/aromatic N) is 3. The molecule has 0 saturated carbocycles. The number of nitrogens with one attached hydrogen (secondary N) is 1. The summed E-state index contributed by atoms with van der Waals surface area (Å²) < 4.78 is 0. The molecule has 1 aromatic carbocycles. The molecule has 0 unspecified atom stereocenters. The number of carbonyl (C=O) groups excluding carboxylic acids is 1. The number of aromatic nitrogens is 2. The van der Waals surface area contributed by atoms with E-state index in [1.165, 1.54) is 5.56 Å². The molecule has 0 bridgehead atoms.